The number of aromatic nitrogens is 1. The normalized spacial score (nSPS) is 20.7. The molecule has 2 unspecified atom stereocenters. The molecular weight excluding hydrogens is 269 g/mol. The monoisotopic (exact) mass is 295 g/mol. The molecule has 0 radical (unpaired) electrons. The third-order valence-electron chi connectivity index (χ3n) is 4.48. The van der Waals surface area contributed by atoms with E-state index in [0.29, 0.717) is 11.7 Å². The van der Waals surface area contributed by atoms with Crippen LogP contribution in [0, 0.1) is 11.7 Å². The highest BCUT2D eigenvalue weighted by molar-refractivity contribution is 5.09. The molecule has 1 aliphatic rings. The summed E-state index contributed by atoms with van der Waals surface area (Å²) in [4.78, 5) is 8.67. The van der Waals surface area contributed by atoms with Crippen molar-refractivity contribution in [2.24, 2.45) is 5.92 Å². The quantitative estimate of drug-likeness (QED) is 0.901. The Hall–Kier alpha value is -1.04. The van der Waals surface area contributed by atoms with Crippen molar-refractivity contribution < 1.29 is 9.50 Å². The van der Waals surface area contributed by atoms with Crippen LogP contribution in [-0.2, 0) is 0 Å². The fourth-order valence-electron chi connectivity index (χ4n) is 2.99. The first-order chi connectivity index (χ1) is 9.97. The molecule has 0 bridgehead atoms. The van der Waals surface area contributed by atoms with Crippen LogP contribution in [0.25, 0.3) is 0 Å². The van der Waals surface area contributed by atoms with E-state index in [1.165, 1.54) is 18.9 Å². The average Bonchev–Trinajstić information content (AvgIpc) is 2.47. The van der Waals surface area contributed by atoms with Crippen molar-refractivity contribution in [3.63, 3.8) is 0 Å². The smallest absolute Gasteiger partial charge is 0.141 e. The minimum atomic E-state index is -0.653. The van der Waals surface area contributed by atoms with E-state index in [1.807, 2.05) is 6.92 Å². The largest absolute Gasteiger partial charge is 0.386 e. The molecule has 5 heteroatoms. The second-order valence-electron chi connectivity index (χ2n) is 6.30. The van der Waals surface area contributed by atoms with Crippen LogP contribution in [-0.4, -0.2) is 59.7 Å². The first-order valence-corrected chi connectivity index (χ1v) is 7.65. The third-order valence-corrected chi connectivity index (χ3v) is 4.48. The van der Waals surface area contributed by atoms with Gasteiger partial charge in [-0.05, 0) is 52.2 Å². The molecule has 2 heterocycles. The van der Waals surface area contributed by atoms with Crippen molar-refractivity contribution in [1.29, 1.82) is 0 Å². The number of pyridine rings is 1. The molecule has 2 rings (SSSR count). The van der Waals surface area contributed by atoms with E-state index in [9.17, 15) is 9.50 Å². The Bertz CT molecular complexity index is 432. The second kappa shape index (κ2) is 7.29. The van der Waals surface area contributed by atoms with Crippen LogP contribution in [0.3, 0.4) is 0 Å². The molecule has 0 saturated carbocycles. The average molecular weight is 295 g/mol. The van der Waals surface area contributed by atoms with E-state index in [4.69, 9.17) is 0 Å². The van der Waals surface area contributed by atoms with E-state index >= 15 is 0 Å². The van der Waals surface area contributed by atoms with E-state index in [1.54, 1.807) is 6.07 Å². The van der Waals surface area contributed by atoms with Gasteiger partial charge in [0.25, 0.3) is 0 Å². The van der Waals surface area contributed by atoms with Gasteiger partial charge in [-0.2, -0.15) is 0 Å². The van der Waals surface area contributed by atoms with Gasteiger partial charge in [0.2, 0.25) is 0 Å². The zero-order valence-electron chi connectivity index (χ0n) is 13.2. The van der Waals surface area contributed by atoms with Gasteiger partial charge < -0.3 is 14.9 Å². The number of hydrogen-bond acceptors (Lipinski definition) is 4. The predicted octanol–water partition coefficient (Wildman–Crippen LogP) is 1.92. The number of aliphatic hydroxyl groups excluding tert-OH is 1. The molecule has 1 saturated heterocycles. The lowest BCUT2D eigenvalue weighted by Gasteiger charge is -2.36. The van der Waals surface area contributed by atoms with Gasteiger partial charge in [-0.3, -0.25) is 4.98 Å². The summed E-state index contributed by atoms with van der Waals surface area (Å²) in [6, 6.07) is 3.49. The number of nitrogens with zero attached hydrogens (tertiary/aromatic N) is 3. The minimum absolute atomic E-state index is 0.0626. The number of piperidine rings is 1. The third kappa shape index (κ3) is 4.46. The van der Waals surface area contributed by atoms with Crippen LogP contribution >= 0.6 is 0 Å². The zero-order chi connectivity index (χ0) is 15.4. The number of aliphatic hydroxyl groups is 1. The predicted molar refractivity (Wildman–Crippen MR) is 81.5 cm³/mol. The molecule has 1 aliphatic heterocycles. The molecule has 1 aromatic rings. The van der Waals surface area contributed by atoms with Gasteiger partial charge in [-0.25, -0.2) is 4.39 Å². The summed E-state index contributed by atoms with van der Waals surface area (Å²) in [6.45, 7) is 5.09. The Morgan fingerprint density at radius 2 is 2.10 bits per heavy atom. The molecule has 2 atom stereocenters. The summed E-state index contributed by atoms with van der Waals surface area (Å²) in [7, 11) is 4.28. The Kier molecular flexibility index (Phi) is 5.67. The molecule has 0 aliphatic carbocycles. The van der Waals surface area contributed by atoms with Gasteiger partial charge >= 0.3 is 0 Å². The lowest BCUT2D eigenvalue weighted by atomic mass is 9.98. The summed E-state index contributed by atoms with van der Waals surface area (Å²) in [6.07, 6.45) is 2.85. The molecule has 1 aromatic heterocycles. The summed E-state index contributed by atoms with van der Waals surface area (Å²) >= 11 is 0. The first kappa shape index (κ1) is 16.3. The Labute approximate surface area is 126 Å². The van der Waals surface area contributed by atoms with Crippen molar-refractivity contribution >= 4 is 0 Å². The number of halogens is 1. The van der Waals surface area contributed by atoms with E-state index in [2.05, 4.69) is 28.9 Å². The fourth-order valence-corrected chi connectivity index (χ4v) is 2.99. The molecule has 4 nitrogen and oxygen atoms in total. The Balaban J connectivity index is 1.87. The van der Waals surface area contributed by atoms with Crippen LogP contribution in [0.4, 0.5) is 4.39 Å². The van der Waals surface area contributed by atoms with E-state index in [-0.39, 0.29) is 11.7 Å². The van der Waals surface area contributed by atoms with Gasteiger partial charge in [0.1, 0.15) is 5.82 Å². The lowest BCUT2D eigenvalue weighted by molar-refractivity contribution is 0.0665. The number of likely N-dealkylation sites (tertiary alicyclic amines) is 1. The van der Waals surface area contributed by atoms with Crippen molar-refractivity contribution in [2.75, 3.05) is 33.7 Å². The maximum absolute atomic E-state index is 12.9. The van der Waals surface area contributed by atoms with Crippen molar-refractivity contribution in [2.45, 2.75) is 31.9 Å². The second-order valence-corrected chi connectivity index (χ2v) is 6.30. The highest BCUT2D eigenvalue weighted by Gasteiger charge is 2.25. The summed E-state index contributed by atoms with van der Waals surface area (Å²) in [5.74, 6) is -0.310. The van der Waals surface area contributed by atoms with Gasteiger partial charge in [-0.1, -0.05) is 6.92 Å². The van der Waals surface area contributed by atoms with Crippen LogP contribution in [0.5, 0.6) is 0 Å². The van der Waals surface area contributed by atoms with Gasteiger partial charge in [0.15, 0.2) is 0 Å². The number of hydrogen-bond donors (Lipinski definition) is 1. The Morgan fingerprint density at radius 1 is 1.43 bits per heavy atom. The van der Waals surface area contributed by atoms with Crippen LogP contribution in [0.2, 0.25) is 0 Å². The van der Waals surface area contributed by atoms with Crippen molar-refractivity contribution in [3.8, 4) is 0 Å². The molecular formula is C16H26FN3O. The molecule has 21 heavy (non-hydrogen) atoms. The fraction of sp³-hybridized carbons (Fsp3) is 0.688. The first-order valence-electron chi connectivity index (χ1n) is 7.65. The summed E-state index contributed by atoms with van der Waals surface area (Å²) < 4.78 is 12.9. The zero-order valence-corrected chi connectivity index (χ0v) is 13.2. The van der Waals surface area contributed by atoms with Gasteiger partial charge in [-0.15, -0.1) is 0 Å². The highest BCUT2D eigenvalue weighted by atomic mass is 19.1. The van der Waals surface area contributed by atoms with E-state index < -0.39 is 6.10 Å². The van der Waals surface area contributed by atoms with Crippen LogP contribution in [0.15, 0.2) is 18.3 Å². The SMILES string of the molecule is CC(CN(C)C1CCN(C)CC1)C(O)c1ccc(F)cn1. The molecule has 1 fully saturated rings. The van der Waals surface area contributed by atoms with Gasteiger partial charge in [0.05, 0.1) is 18.0 Å². The van der Waals surface area contributed by atoms with Gasteiger partial charge in [0, 0.05) is 18.5 Å². The molecule has 0 aromatic carbocycles. The maximum atomic E-state index is 12.9. The standard InChI is InChI=1S/C16H26FN3O/c1-12(16(21)15-5-4-13(17)10-18-15)11-20(3)14-6-8-19(2)9-7-14/h4-5,10,12,14,16,21H,6-9,11H2,1-3H3. The Morgan fingerprint density at radius 3 is 2.67 bits per heavy atom. The maximum Gasteiger partial charge on any atom is 0.141 e. The van der Waals surface area contributed by atoms with Crippen LogP contribution in [0.1, 0.15) is 31.6 Å². The summed E-state index contributed by atoms with van der Waals surface area (Å²) in [5, 5.41) is 10.3. The topological polar surface area (TPSA) is 39.6 Å². The molecule has 0 amide bonds. The number of rotatable bonds is 5. The molecule has 118 valence electrons. The highest BCUT2D eigenvalue weighted by Crippen LogP contribution is 2.23. The summed E-state index contributed by atoms with van der Waals surface area (Å²) in [5.41, 5.74) is 0.542. The molecule has 0 spiro atoms. The van der Waals surface area contributed by atoms with Crippen molar-refractivity contribution in [3.05, 3.63) is 29.8 Å². The van der Waals surface area contributed by atoms with Crippen molar-refractivity contribution in [1.82, 2.24) is 14.8 Å². The lowest BCUT2D eigenvalue weighted by Crippen LogP contribution is -2.43. The molecule has 1 N–H and O–H groups in total. The van der Waals surface area contributed by atoms with Crippen LogP contribution < -0.4 is 0 Å². The van der Waals surface area contributed by atoms with E-state index in [0.717, 1.165) is 25.8 Å². The minimum Gasteiger partial charge on any atom is -0.386 e.